The Morgan fingerprint density at radius 1 is 1.35 bits per heavy atom. The van der Waals surface area contributed by atoms with E-state index >= 15 is 0 Å². The third-order valence-electron chi connectivity index (χ3n) is 3.96. The molecule has 9 heteroatoms. The Morgan fingerprint density at radius 2 is 2.09 bits per heavy atom. The van der Waals surface area contributed by atoms with Crippen LogP contribution >= 0.6 is 0 Å². The fourth-order valence-corrected chi connectivity index (χ4v) is 3.57. The van der Waals surface area contributed by atoms with Gasteiger partial charge in [-0.3, -0.25) is 5.10 Å². The number of nitrogens with zero attached hydrogens (tertiary/aromatic N) is 2. The minimum atomic E-state index is -3.15. The van der Waals surface area contributed by atoms with Crippen LogP contribution in [0.15, 0.2) is 24.4 Å². The zero-order valence-electron chi connectivity index (χ0n) is 12.7. The van der Waals surface area contributed by atoms with Gasteiger partial charge in [0.05, 0.1) is 18.0 Å². The molecule has 2 aromatic rings. The van der Waals surface area contributed by atoms with Crippen molar-refractivity contribution >= 4 is 32.6 Å². The number of anilines is 1. The monoisotopic (exact) mass is 337 g/mol. The van der Waals surface area contributed by atoms with Crippen molar-refractivity contribution in [1.82, 2.24) is 19.8 Å². The number of aromatic amines is 1. The quantitative estimate of drug-likeness (QED) is 0.780. The summed E-state index contributed by atoms with van der Waals surface area (Å²) in [7, 11) is -3.15. The summed E-state index contributed by atoms with van der Waals surface area (Å²) in [5, 5.41) is 13.4. The fourth-order valence-electron chi connectivity index (χ4n) is 2.70. The summed E-state index contributed by atoms with van der Waals surface area (Å²) in [5.74, 6) is 0. The number of nitrogens with one attached hydrogen (secondary N) is 3. The van der Waals surface area contributed by atoms with Crippen LogP contribution < -0.4 is 10.6 Å². The maximum Gasteiger partial charge on any atom is 0.319 e. The number of H-pyrrole nitrogens is 1. The number of hydrogen-bond acceptors (Lipinski definition) is 4. The first-order valence-electron chi connectivity index (χ1n) is 7.37. The molecule has 1 fully saturated rings. The highest BCUT2D eigenvalue weighted by molar-refractivity contribution is 7.88. The molecule has 1 aromatic carbocycles. The third-order valence-corrected chi connectivity index (χ3v) is 5.26. The highest BCUT2D eigenvalue weighted by Crippen LogP contribution is 2.17. The van der Waals surface area contributed by atoms with E-state index in [0.717, 1.165) is 10.9 Å². The van der Waals surface area contributed by atoms with Gasteiger partial charge in [0.25, 0.3) is 0 Å². The molecule has 1 aliphatic heterocycles. The van der Waals surface area contributed by atoms with Crippen LogP contribution in [-0.2, 0) is 10.0 Å². The molecule has 0 saturated carbocycles. The normalized spacial score (nSPS) is 17.3. The van der Waals surface area contributed by atoms with Gasteiger partial charge in [0.2, 0.25) is 10.0 Å². The second-order valence-electron chi connectivity index (χ2n) is 5.71. The lowest BCUT2D eigenvalue weighted by Crippen LogP contribution is -2.47. The number of urea groups is 1. The van der Waals surface area contributed by atoms with Gasteiger partial charge in [-0.25, -0.2) is 17.5 Å². The number of amides is 2. The number of piperidine rings is 1. The number of carbonyl (C=O) groups is 1. The lowest BCUT2D eigenvalue weighted by molar-refractivity contribution is 0.238. The molecule has 1 aromatic heterocycles. The van der Waals surface area contributed by atoms with Crippen LogP contribution in [0, 0.1) is 0 Å². The molecule has 23 heavy (non-hydrogen) atoms. The Kier molecular flexibility index (Phi) is 4.22. The first kappa shape index (κ1) is 15.8. The summed E-state index contributed by atoms with van der Waals surface area (Å²) < 4.78 is 24.4. The summed E-state index contributed by atoms with van der Waals surface area (Å²) in [5.41, 5.74) is 1.53. The van der Waals surface area contributed by atoms with Gasteiger partial charge in [-0.1, -0.05) is 0 Å². The standard InChI is InChI=1S/C14H19N5O3S/c1-23(21,22)19-6-4-11(5-7-19)16-14(20)17-12-3-2-10-9-15-18-13(10)8-12/h2-3,8-9,11H,4-7H2,1H3,(H,15,18)(H2,16,17,20). The van der Waals surface area contributed by atoms with Crippen molar-refractivity contribution in [3.05, 3.63) is 24.4 Å². The summed E-state index contributed by atoms with van der Waals surface area (Å²) in [4.78, 5) is 12.1. The van der Waals surface area contributed by atoms with E-state index in [9.17, 15) is 13.2 Å². The second kappa shape index (κ2) is 6.17. The molecule has 124 valence electrons. The van der Waals surface area contributed by atoms with E-state index in [4.69, 9.17) is 0 Å². The number of aromatic nitrogens is 2. The number of benzene rings is 1. The average Bonchev–Trinajstić information content (AvgIpc) is 2.94. The van der Waals surface area contributed by atoms with Crippen LogP contribution in [0.25, 0.3) is 10.9 Å². The lowest BCUT2D eigenvalue weighted by Gasteiger charge is -2.30. The van der Waals surface area contributed by atoms with E-state index in [1.54, 1.807) is 6.20 Å². The minimum absolute atomic E-state index is 0.0242. The van der Waals surface area contributed by atoms with Crippen molar-refractivity contribution in [2.24, 2.45) is 0 Å². The first-order valence-corrected chi connectivity index (χ1v) is 9.22. The summed E-state index contributed by atoms with van der Waals surface area (Å²) >= 11 is 0. The largest absolute Gasteiger partial charge is 0.335 e. The Labute approximate surface area is 134 Å². The molecule has 3 rings (SSSR count). The number of hydrogen-bond donors (Lipinski definition) is 3. The van der Waals surface area contributed by atoms with Crippen molar-refractivity contribution in [3.63, 3.8) is 0 Å². The molecule has 2 heterocycles. The first-order chi connectivity index (χ1) is 10.9. The van der Waals surface area contributed by atoms with Gasteiger partial charge < -0.3 is 10.6 Å². The second-order valence-corrected chi connectivity index (χ2v) is 7.69. The number of sulfonamides is 1. The van der Waals surface area contributed by atoms with E-state index in [2.05, 4.69) is 20.8 Å². The number of fused-ring (bicyclic) bond motifs is 1. The lowest BCUT2D eigenvalue weighted by atomic mass is 10.1. The van der Waals surface area contributed by atoms with Crippen molar-refractivity contribution in [2.45, 2.75) is 18.9 Å². The van der Waals surface area contributed by atoms with Crippen molar-refractivity contribution in [3.8, 4) is 0 Å². The van der Waals surface area contributed by atoms with Gasteiger partial charge in [-0.05, 0) is 31.0 Å². The molecule has 1 saturated heterocycles. The van der Waals surface area contributed by atoms with Crippen LogP contribution in [0.2, 0.25) is 0 Å². The molecule has 0 radical (unpaired) electrons. The van der Waals surface area contributed by atoms with Crippen LogP contribution in [-0.4, -0.2) is 54.3 Å². The molecule has 0 aliphatic carbocycles. The smallest absolute Gasteiger partial charge is 0.319 e. The summed E-state index contributed by atoms with van der Waals surface area (Å²) in [6, 6.07) is 5.18. The van der Waals surface area contributed by atoms with E-state index in [-0.39, 0.29) is 12.1 Å². The Morgan fingerprint density at radius 3 is 2.78 bits per heavy atom. The molecule has 0 spiro atoms. The molecule has 0 unspecified atom stereocenters. The topological polar surface area (TPSA) is 107 Å². The van der Waals surface area contributed by atoms with Crippen LogP contribution in [0.4, 0.5) is 10.5 Å². The van der Waals surface area contributed by atoms with Gasteiger partial charge in [-0.15, -0.1) is 0 Å². The van der Waals surface area contributed by atoms with Gasteiger partial charge >= 0.3 is 6.03 Å². The molecular formula is C14H19N5O3S. The van der Waals surface area contributed by atoms with E-state index in [1.165, 1.54) is 10.6 Å². The van der Waals surface area contributed by atoms with Crippen LogP contribution in [0.1, 0.15) is 12.8 Å². The average molecular weight is 337 g/mol. The highest BCUT2D eigenvalue weighted by Gasteiger charge is 2.25. The summed E-state index contributed by atoms with van der Waals surface area (Å²) in [6.45, 7) is 0.869. The maximum atomic E-state index is 12.1. The molecule has 3 N–H and O–H groups in total. The molecule has 2 amide bonds. The third kappa shape index (κ3) is 3.80. The van der Waals surface area contributed by atoms with E-state index < -0.39 is 10.0 Å². The van der Waals surface area contributed by atoms with Crippen molar-refractivity contribution in [1.29, 1.82) is 0 Å². The highest BCUT2D eigenvalue weighted by atomic mass is 32.2. The van der Waals surface area contributed by atoms with Crippen molar-refractivity contribution in [2.75, 3.05) is 24.7 Å². The number of rotatable bonds is 3. The Balaban J connectivity index is 1.53. The SMILES string of the molecule is CS(=O)(=O)N1CCC(NC(=O)Nc2ccc3cn[nH]c3c2)CC1. The molecule has 1 aliphatic rings. The molecule has 0 bridgehead atoms. The van der Waals surface area contributed by atoms with Gasteiger partial charge in [-0.2, -0.15) is 5.10 Å². The Bertz CT molecular complexity index is 809. The molecule has 8 nitrogen and oxygen atoms in total. The number of carbonyl (C=O) groups excluding carboxylic acids is 1. The molecular weight excluding hydrogens is 318 g/mol. The van der Waals surface area contributed by atoms with Gasteiger partial charge in [0, 0.05) is 30.2 Å². The van der Waals surface area contributed by atoms with Gasteiger partial charge in [0.1, 0.15) is 0 Å². The van der Waals surface area contributed by atoms with Crippen LogP contribution in [0.3, 0.4) is 0 Å². The van der Waals surface area contributed by atoms with Crippen molar-refractivity contribution < 1.29 is 13.2 Å². The van der Waals surface area contributed by atoms with E-state index in [1.807, 2.05) is 18.2 Å². The predicted molar refractivity (Wildman–Crippen MR) is 87.7 cm³/mol. The minimum Gasteiger partial charge on any atom is -0.335 e. The zero-order chi connectivity index (χ0) is 16.4. The van der Waals surface area contributed by atoms with Crippen LogP contribution in [0.5, 0.6) is 0 Å². The fraction of sp³-hybridized carbons (Fsp3) is 0.429. The predicted octanol–water partition coefficient (Wildman–Crippen LogP) is 1.11. The van der Waals surface area contributed by atoms with Gasteiger partial charge in [0.15, 0.2) is 0 Å². The maximum absolute atomic E-state index is 12.1. The molecule has 0 atom stereocenters. The summed E-state index contributed by atoms with van der Waals surface area (Å²) in [6.07, 6.45) is 4.15. The van der Waals surface area contributed by atoms with E-state index in [0.29, 0.717) is 31.6 Å². The zero-order valence-corrected chi connectivity index (χ0v) is 13.6. The Hall–Kier alpha value is -2.13.